The number of rotatable bonds is 53. The van der Waals surface area contributed by atoms with Crippen LogP contribution in [0.1, 0.15) is 284 Å². The molecule has 1 atom stereocenters. The Balaban J connectivity index is 3.42. The second-order valence-corrected chi connectivity index (χ2v) is 19.3. The van der Waals surface area contributed by atoms with Crippen LogP contribution in [0.4, 0.5) is 0 Å². The van der Waals surface area contributed by atoms with Gasteiger partial charge in [-0.15, -0.1) is 0 Å². The van der Waals surface area contributed by atoms with Crippen molar-refractivity contribution < 1.29 is 24.2 Å². The summed E-state index contributed by atoms with van der Waals surface area (Å²) in [6.45, 7) is 4.00. The fraction of sp³-hybridized carbons (Fsp3) is 0.746. The Morgan fingerprint density at radius 2 is 0.632 bits per heavy atom. The minimum Gasteiger partial charge on any atom is -0.462 e. The van der Waals surface area contributed by atoms with Crippen LogP contribution in [-0.4, -0.2) is 36.4 Å². The molecule has 0 heterocycles. The Morgan fingerprint density at radius 1 is 0.353 bits per heavy atom. The molecule has 0 aromatic rings. The van der Waals surface area contributed by atoms with Crippen molar-refractivity contribution in [3.8, 4) is 0 Å². The first-order chi connectivity index (χ1) is 33.6. The summed E-state index contributed by atoms with van der Waals surface area (Å²) in [5.41, 5.74) is 0. The topological polar surface area (TPSA) is 72.8 Å². The van der Waals surface area contributed by atoms with E-state index in [0.717, 1.165) is 83.5 Å². The molecule has 0 aromatic heterocycles. The van der Waals surface area contributed by atoms with E-state index in [1.807, 2.05) is 0 Å². The van der Waals surface area contributed by atoms with Gasteiger partial charge in [-0.05, 0) is 89.9 Å². The molecule has 68 heavy (non-hydrogen) atoms. The van der Waals surface area contributed by atoms with E-state index in [1.165, 1.54) is 173 Å². The van der Waals surface area contributed by atoms with Crippen molar-refractivity contribution in [3.63, 3.8) is 0 Å². The van der Waals surface area contributed by atoms with E-state index in [9.17, 15) is 14.7 Å². The number of aliphatic hydroxyl groups is 1. The Hall–Kier alpha value is -2.92. The number of hydrogen-bond donors (Lipinski definition) is 1. The van der Waals surface area contributed by atoms with Crippen molar-refractivity contribution in [2.45, 2.75) is 290 Å². The average molecular weight is 948 g/mol. The minimum atomic E-state index is -0.778. The van der Waals surface area contributed by atoms with Crippen molar-refractivity contribution in [2.75, 3.05) is 13.2 Å². The van der Waals surface area contributed by atoms with Crippen LogP contribution in [0.3, 0.4) is 0 Å². The quantitative estimate of drug-likeness (QED) is 0.0374. The lowest BCUT2D eigenvalue weighted by molar-refractivity contribution is -0.161. The lowest BCUT2D eigenvalue weighted by Crippen LogP contribution is -2.28. The molecule has 0 aromatic carbocycles. The molecular weight excluding hydrogens is 837 g/mol. The predicted molar refractivity (Wildman–Crippen MR) is 297 cm³/mol. The first-order valence-electron chi connectivity index (χ1n) is 29.1. The van der Waals surface area contributed by atoms with Crippen LogP contribution in [0.5, 0.6) is 0 Å². The first-order valence-corrected chi connectivity index (χ1v) is 29.1. The summed E-state index contributed by atoms with van der Waals surface area (Å²) < 4.78 is 10.7. The van der Waals surface area contributed by atoms with E-state index in [4.69, 9.17) is 9.47 Å². The Labute approximate surface area is 422 Å². The minimum absolute atomic E-state index is 0.0723. The third kappa shape index (κ3) is 55.7. The lowest BCUT2D eigenvalue weighted by atomic mass is 10.0. The fourth-order valence-corrected chi connectivity index (χ4v) is 8.32. The van der Waals surface area contributed by atoms with E-state index in [-0.39, 0.29) is 25.2 Å². The van der Waals surface area contributed by atoms with Gasteiger partial charge in [0.05, 0.1) is 6.61 Å². The Kier molecular flexibility index (Phi) is 55.9. The molecule has 0 aliphatic carbocycles. The molecule has 0 rings (SSSR count). The van der Waals surface area contributed by atoms with E-state index in [2.05, 4.69) is 98.9 Å². The summed E-state index contributed by atoms with van der Waals surface area (Å²) in [6.07, 6.45) is 81.5. The van der Waals surface area contributed by atoms with Gasteiger partial charge in [-0.25, -0.2) is 0 Å². The molecule has 0 fully saturated rings. The number of hydrogen-bond acceptors (Lipinski definition) is 5. The monoisotopic (exact) mass is 947 g/mol. The van der Waals surface area contributed by atoms with E-state index in [1.54, 1.807) is 0 Å². The third-order valence-electron chi connectivity index (χ3n) is 12.7. The molecule has 0 bridgehead atoms. The Bertz CT molecular complexity index is 1250. The molecule has 0 spiro atoms. The van der Waals surface area contributed by atoms with Gasteiger partial charge in [0.15, 0.2) is 6.10 Å². The van der Waals surface area contributed by atoms with Gasteiger partial charge in [-0.2, -0.15) is 0 Å². The van der Waals surface area contributed by atoms with Crippen LogP contribution < -0.4 is 0 Å². The average Bonchev–Trinajstić information content (AvgIpc) is 3.34. The van der Waals surface area contributed by atoms with Gasteiger partial charge in [-0.3, -0.25) is 9.59 Å². The van der Waals surface area contributed by atoms with Gasteiger partial charge >= 0.3 is 11.9 Å². The van der Waals surface area contributed by atoms with Crippen molar-refractivity contribution in [1.82, 2.24) is 0 Å². The first kappa shape index (κ1) is 65.1. The van der Waals surface area contributed by atoms with E-state index < -0.39 is 6.10 Å². The molecule has 5 nitrogen and oxygen atoms in total. The maximum atomic E-state index is 12.3. The van der Waals surface area contributed by atoms with Crippen LogP contribution in [-0.2, 0) is 19.1 Å². The summed E-state index contributed by atoms with van der Waals surface area (Å²) in [7, 11) is 0. The lowest BCUT2D eigenvalue weighted by Gasteiger charge is -2.15. The maximum Gasteiger partial charge on any atom is 0.306 e. The number of esters is 2. The summed E-state index contributed by atoms with van der Waals surface area (Å²) in [6, 6.07) is 0. The molecule has 0 radical (unpaired) electrons. The highest BCUT2D eigenvalue weighted by atomic mass is 16.6. The molecule has 0 saturated carbocycles. The molecule has 392 valence electrons. The van der Waals surface area contributed by atoms with Gasteiger partial charge in [0.1, 0.15) is 6.61 Å². The summed E-state index contributed by atoms with van der Waals surface area (Å²) >= 11 is 0. The molecule has 1 N–H and O–H groups in total. The number of unbranched alkanes of at least 4 members (excludes halogenated alkanes) is 31. The maximum absolute atomic E-state index is 12.3. The molecular formula is C63H110O5. The van der Waals surface area contributed by atoms with Crippen molar-refractivity contribution in [3.05, 3.63) is 85.1 Å². The second-order valence-electron chi connectivity index (χ2n) is 19.3. The van der Waals surface area contributed by atoms with E-state index in [0.29, 0.717) is 12.8 Å². The highest BCUT2D eigenvalue weighted by Crippen LogP contribution is 2.17. The van der Waals surface area contributed by atoms with Gasteiger partial charge in [0.25, 0.3) is 0 Å². The zero-order valence-corrected chi connectivity index (χ0v) is 44.9. The highest BCUT2D eigenvalue weighted by molar-refractivity contribution is 5.70. The van der Waals surface area contributed by atoms with Crippen LogP contribution in [0.2, 0.25) is 0 Å². The highest BCUT2D eigenvalue weighted by Gasteiger charge is 2.16. The van der Waals surface area contributed by atoms with Gasteiger partial charge in [0.2, 0.25) is 0 Å². The number of ether oxygens (including phenoxy) is 2. The second kappa shape index (κ2) is 58.4. The molecule has 0 aliphatic rings. The zero-order valence-electron chi connectivity index (χ0n) is 44.9. The number of allylic oxidation sites excluding steroid dienone is 14. The normalized spacial score (nSPS) is 12.8. The third-order valence-corrected chi connectivity index (χ3v) is 12.7. The smallest absolute Gasteiger partial charge is 0.306 e. The van der Waals surface area contributed by atoms with Crippen molar-refractivity contribution >= 4 is 11.9 Å². The van der Waals surface area contributed by atoms with Gasteiger partial charge in [-0.1, -0.05) is 266 Å². The Morgan fingerprint density at radius 3 is 0.956 bits per heavy atom. The van der Waals surface area contributed by atoms with Gasteiger partial charge in [0, 0.05) is 12.8 Å². The van der Waals surface area contributed by atoms with Crippen LogP contribution in [0, 0.1) is 0 Å². The van der Waals surface area contributed by atoms with Crippen molar-refractivity contribution in [2.24, 2.45) is 0 Å². The molecule has 1 unspecified atom stereocenters. The summed E-state index contributed by atoms with van der Waals surface area (Å²) in [5, 5.41) is 9.63. The zero-order chi connectivity index (χ0) is 49.2. The largest absolute Gasteiger partial charge is 0.462 e. The van der Waals surface area contributed by atoms with Crippen LogP contribution in [0.15, 0.2) is 85.1 Å². The SMILES string of the molecule is CC/C=C\C/C=C\C/C=C\C/C=C\C/C=C\CCCCCCCCCCCCCCCCCCCCCCCCCC(=O)OC(CO)COC(=O)CCCCCCC/C=C\C/C=C\CCCCC. The molecule has 0 amide bonds. The van der Waals surface area contributed by atoms with Crippen LogP contribution in [0.25, 0.3) is 0 Å². The molecule has 0 saturated heterocycles. The van der Waals surface area contributed by atoms with Gasteiger partial charge < -0.3 is 14.6 Å². The standard InChI is InChI=1S/C63H110O5/c1-3-5-7-9-11-13-15-17-19-20-21-22-23-24-25-26-27-28-29-30-31-32-33-34-35-36-37-38-39-40-41-42-44-46-48-50-52-54-56-58-63(66)68-61(59-64)60-67-62(65)57-55-53-51-49-47-45-43-18-16-14-12-10-8-6-4-2/h5,7,11-14,17-19,21-22,24-25,43,61,64H,3-4,6,8-10,15-16,20,23,26-42,44-60H2,1-2H3/b7-5-,13-11-,14-12-,19-17-,22-21-,25-24-,43-18-. The number of aliphatic hydroxyl groups excluding tert-OH is 1. The van der Waals surface area contributed by atoms with Crippen molar-refractivity contribution in [1.29, 1.82) is 0 Å². The molecule has 0 aliphatic heterocycles. The summed E-state index contributed by atoms with van der Waals surface area (Å²) in [4.78, 5) is 24.5. The van der Waals surface area contributed by atoms with E-state index >= 15 is 0 Å². The summed E-state index contributed by atoms with van der Waals surface area (Å²) in [5.74, 6) is -0.598. The number of carbonyl (C=O) groups excluding carboxylic acids is 2. The predicted octanol–water partition coefficient (Wildman–Crippen LogP) is 19.8. The van der Waals surface area contributed by atoms with Crippen LogP contribution >= 0.6 is 0 Å². The fourth-order valence-electron chi connectivity index (χ4n) is 8.32. The number of carbonyl (C=O) groups is 2. The molecule has 5 heteroatoms.